The van der Waals surface area contributed by atoms with Crippen LogP contribution in [-0.4, -0.2) is 10.9 Å². The minimum atomic E-state index is -0.285. The maximum absolute atomic E-state index is 12.1. The number of carbonyl (C=O) groups is 1. The Labute approximate surface area is 153 Å². The number of furan rings is 1. The molecule has 26 heavy (non-hydrogen) atoms. The van der Waals surface area contributed by atoms with Crippen molar-refractivity contribution < 1.29 is 13.6 Å². The minimum absolute atomic E-state index is 0.285. The van der Waals surface area contributed by atoms with E-state index in [9.17, 15) is 4.79 Å². The molecule has 0 aliphatic carbocycles. The highest BCUT2D eigenvalue weighted by atomic mass is 35.5. The molecule has 0 aliphatic heterocycles. The van der Waals surface area contributed by atoms with E-state index in [-0.39, 0.29) is 5.91 Å². The Morgan fingerprint density at radius 1 is 1.12 bits per heavy atom. The predicted octanol–water partition coefficient (Wildman–Crippen LogP) is 5.39. The SMILES string of the molecule is O=C(/C=C/c1ccco1)Nc1ccc(Cl)c(-c2nc3ccccc3o2)c1. The fourth-order valence-electron chi connectivity index (χ4n) is 2.48. The molecule has 0 saturated carbocycles. The molecule has 2 aromatic heterocycles. The molecule has 1 amide bonds. The zero-order valence-corrected chi connectivity index (χ0v) is 14.2. The van der Waals surface area contributed by atoms with Crippen LogP contribution in [0, 0.1) is 0 Å². The largest absolute Gasteiger partial charge is 0.465 e. The van der Waals surface area contributed by atoms with E-state index in [1.54, 1.807) is 42.7 Å². The van der Waals surface area contributed by atoms with Gasteiger partial charge in [0.15, 0.2) is 5.58 Å². The number of hydrogen-bond donors (Lipinski definition) is 1. The highest BCUT2D eigenvalue weighted by Gasteiger charge is 2.13. The van der Waals surface area contributed by atoms with E-state index in [0.29, 0.717) is 33.5 Å². The monoisotopic (exact) mass is 364 g/mol. The summed E-state index contributed by atoms with van der Waals surface area (Å²) in [7, 11) is 0. The van der Waals surface area contributed by atoms with Crippen molar-refractivity contribution in [3.63, 3.8) is 0 Å². The highest BCUT2D eigenvalue weighted by Crippen LogP contribution is 2.32. The van der Waals surface area contributed by atoms with E-state index in [0.717, 1.165) is 5.52 Å². The van der Waals surface area contributed by atoms with Crippen molar-refractivity contribution in [1.82, 2.24) is 4.98 Å². The van der Waals surface area contributed by atoms with Crippen molar-refractivity contribution in [3.05, 3.63) is 77.7 Å². The standard InChI is InChI=1S/C20H13ClN2O3/c21-16-9-7-13(22-19(24)10-8-14-4-3-11-25-14)12-15(16)20-23-17-5-1-2-6-18(17)26-20/h1-12H,(H,22,24)/b10-8+. The lowest BCUT2D eigenvalue weighted by Crippen LogP contribution is -2.07. The molecule has 4 aromatic rings. The van der Waals surface area contributed by atoms with E-state index >= 15 is 0 Å². The van der Waals surface area contributed by atoms with Gasteiger partial charge < -0.3 is 14.2 Å². The van der Waals surface area contributed by atoms with Crippen molar-refractivity contribution in [2.24, 2.45) is 0 Å². The van der Waals surface area contributed by atoms with Crippen LogP contribution in [0.15, 0.2) is 75.8 Å². The molecule has 4 rings (SSSR count). The summed E-state index contributed by atoms with van der Waals surface area (Å²) < 4.78 is 10.9. The van der Waals surface area contributed by atoms with E-state index in [1.165, 1.54) is 6.08 Å². The molecular weight excluding hydrogens is 352 g/mol. The third kappa shape index (κ3) is 3.38. The van der Waals surface area contributed by atoms with Crippen LogP contribution in [0.3, 0.4) is 0 Å². The van der Waals surface area contributed by atoms with E-state index < -0.39 is 0 Å². The zero-order valence-electron chi connectivity index (χ0n) is 13.5. The van der Waals surface area contributed by atoms with E-state index in [1.807, 2.05) is 24.3 Å². The summed E-state index contributed by atoms with van der Waals surface area (Å²) in [5, 5.41) is 3.27. The second-order valence-corrected chi connectivity index (χ2v) is 5.93. The van der Waals surface area contributed by atoms with Crippen molar-refractivity contribution >= 4 is 40.4 Å². The van der Waals surface area contributed by atoms with Crippen molar-refractivity contribution in [2.75, 3.05) is 5.32 Å². The number of carbonyl (C=O) groups excluding carboxylic acids is 1. The maximum atomic E-state index is 12.1. The van der Waals surface area contributed by atoms with Gasteiger partial charge >= 0.3 is 0 Å². The molecular formula is C20H13ClN2O3. The van der Waals surface area contributed by atoms with Gasteiger partial charge in [0.2, 0.25) is 11.8 Å². The van der Waals surface area contributed by atoms with Gasteiger partial charge in [0, 0.05) is 11.8 Å². The summed E-state index contributed by atoms with van der Waals surface area (Å²) in [6.45, 7) is 0. The van der Waals surface area contributed by atoms with Crippen LogP contribution in [-0.2, 0) is 4.79 Å². The number of benzene rings is 2. The third-order valence-electron chi connectivity index (χ3n) is 3.70. The first-order valence-corrected chi connectivity index (χ1v) is 8.25. The number of para-hydroxylation sites is 2. The van der Waals surface area contributed by atoms with Gasteiger partial charge in [-0.1, -0.05) is 23.7 Å². The van der Waals surface area contributed by atoms with Gasteiger partial charge in [0.25, 0.3) is 0 Å². The molecule has 0 aliphatic rings. The number of rotatable bonds is 4. The number of oxazole rings is 1. The number of aromatic nitrogens is 1. The van der Waals surface area contributed by atoms with E-state index in [4.69, 9.17) is 20.4 Å². The fraction of sp³-hybridized carbons (Fsp3) is 0. The molecule has 0 fully saturated rings. The fourth-order valence-corrected chi connectivity index (χ4v) is 2.68. The van der Waals surface area contributed by atoms with Crippen LogP contribution < -0.4 is 5.32 Å². The van der Waals surface area contributed by atoms with Gasteiger partial charge in [-0.05, 0) is 48.5 Å². The lowest BCUT2D eigenvalue weighted by atomic mass is 10.2. The molecule has 0 radical (unpaired) electrons. The molecule has 0 bridgehead atoms. The Morgan fingerprint density at radius 2 is 2.00 bits per heavy atom. The number of anilines is 1. The van der Waals surface area contributed by atoms with Crippen LogP contribution in [0.5, 0.6) is 0 Å². The van der Waals surface area contributed by atoms with Gasteiger partial charge in [-0.25, -0.2) is 4.98 Å². The molecule has 5 nitrogen and oxygen atoms in total. The lowest BCUT2D eigenvalue weighted by Gasteiger charge is -2.05. The number of hydrogen-bond acceptors (Lipinski definition) is 4. The number of nitrogens with one attached hydrogen (secondary N) is 1. The van der Waals surface area contributed by atoms with E-state index in [2.05, 4.69) is 10.3 Å². The Balaban J connectivity index is 1.58. The summed E-state index contributed by atoms with van der Waals surface area (Å²) in [5.41, 5.74) is 2.61. The van der Waals surface area contributed by atoms with Crippen LogP contribution in [0.1, 0.15) is 5.76 Å². The summed E-state index contributed by atoms with van der Waals surface area (Å²) >= 11 is 6.28. The number of amides is 1. The Hall–Kier alpha value is -3.31. The Bertz CT molecular complexity index is 1060. The first kappa shape index (κ1) is 16.2. The second-order valence-electron chi connectivity index (χ2n) is 5.52. The minimum Gasteiger partial charge on any atom is -0.465 e. The molecule has 0 unspecified atom stereocenters. The molecule has 2 heterocycles. The van der Waals surface area contributed by atoms with Crippen LogP contribution in [0.25, 0.3) is 28.6 Å². The maximum Gasteiger partial charge on any atom is 0.248 e. The summed E-state index contributed by atoms with van der Waals surface area (Å²) in [6.07, 6.45) is 4.53. The zero-order chi connectivity index (χ0) is 17.9. The summed E-state index contributed by atoms with van der Waals surface area (Å²) in [6, 6.07) is 16.1. The van der Waals surface area contributed by atoms with Crippen molar-refractivity contribution in [2.45, 2.75) is 0 Å². The van der Waals surface area contributed by atoms with Gasteiger partial charge in [-0.2, -0.15) is 0 Å². The van der Waals surface area contributed by atoms with Gasteiger partial charge in [-0.3, -0.25) is 4.79 Å². The van der Waals surface area contributed by atoms with Crippen molar-refractivity contribution in [3.8, 4) is 11.5 Å². The average molecular weight is 365 g/mol. The van der Waals surface area contributed by atoms with Crippen LogP contribution in [0.4, 0.5) is 5.69 Å². The summed E-state index contributed by atoms with van der Waals surface area (Å²) in [4.78, 5) is 16.5. The van der Waals surface area contributed by atoms with Gasteiger partial charge in [-0.15, -0.1) is 0 Å². The lowest BCUT2D eigenvalue weighted by molar-refractivity contribution is -0.111. The first-order valence-electron chi connectivity index (χ1n) is 7.87. The second kappa shape index (κ2) is 6.90. The van der Waals surface area contributed by atoms with Gasteiger partial charge in [0.05, 0.1) is 16.8 Å². The molecule has 128 valence electrons. The average Bonchev–Trinajstić information content (AvgIpc) is 3.31. The number of fused-ring (bicyclic) bond motifs is 1. The molecule has 2 aromatic carbocycles. The topological polar surface area (TPSA) is 68.3 Å². The molecule has 0 spiro atoms. The smallest absolute Gasteiger partial charge is 0.248 e. The van der Waals surface area contributed by atoms with Gasteiger partial charge in [0.1, 0.15) is 11.3 Å². The third-order valence-corrected chi connectivity index (χ3v) is 4.03. The number of nitrogens with zero attached hydrogens (tertiary/aromatic N) is 1. The Morgan fingerprint density at radius 3 is 2.81 bits per heavy atom. The first-order chi connectivity index (χ1) is 12.7. The molecule has 0 atom stereocenters. The highest BCUT2D eigenvalue weighted by molar-refractivity contribution is 6.33. The predicted molar refractivity (Wildman–Crippen MR) is 101 cm³/mol. The molecule has 6 heteroatoms. The van der Waals surface area contributed by atoms with Crippen molar-refractivity contribution in [1.29, 1.82) is 0 Å². The molecule has 1 N–H and O–H groups in total. The van der Waals surface area contributed by atoms with Crippen LogP contribution >= 0.6 is 11.6 Å². The quantitative estimate of drug-likeness (QED) is 0.493. The van der Waals surface area contributed by atoms with Crippen LogP contribution in [0.2, 0.25) is 5.02 Å². The summed E-state index contributed by atoms with van der Waals surface area (Å²) in [5.74, 6) is 0.717. The Kier molecular flexibility index (Phi) is 4.29. The molecule has 0 saturated heterocycles. The normalized spacial score (nSPS) is 11.3. The number of halogens is 1.